The Morgan fingerprint density at radius 3 is 2.67 bits per heavy atom. The highest BCUT2D eigenvalue weighted by Gasteiger charge is 2.30. The molecule has 0 saturated heterocycles. The van der Waals surface area contributed by atoms with Crippen molar-refractivity contribution in [3.05, 3.63) is 52.4 Å². The number of carbonyl (C=O) groups excluding carboxylic acids is 2. The number of hydrogen-bond acceptors (Lipinski definition) is 5. The lowest BCUT2D eigenvalue weighted by Gasteiger charge is -2.15. The van der Waals surface area contributed by atoms with Gasteiger partial charge in [0.15, 0.2) is 6.61 Å². The zero-order valence-corrected chi connectivity index (χ0v) is 16.8. The van der Waals surface area contributed by atoms with Crippen LogP contribution in [0.3, 0.4) is 0 Å². The Balaban J connectivity index is 1.62. The number of pyridine rings is 2. The van der Waals surface area contributed by atoms with Gasteiger partial charge in [-0.25, -0.2) is 4.98 Å². The van der Waals surface area contributed by atoms with Crippen molar-refractivity contribution in [1.29, 1.82) is 0 Å². The van der Waals surface area contributed by atoms with E-state index in [4.69, 9.17) is 11.6 Å². The minimum Gasteiger partial charge on any atom is -0.467 e. The molecule has 0 spiro atoms. The Bertz CT molecular complexity index is 948. The molecule has 160 valence electrons. The first-order chi connectivity index (χ1) is 14.1. The molecule has 1 unspecified atom stereocenters. The molecule has 0 radical (unpaired) electrons. The first-order valence-corrected chi connectivity index (χ1v) is 9.63. The van der Waals surface area contributed by atoms with Gasteiger partial charge in [0.2, 0.25) is 5.88 Å². The fourth-order valence-corrected chi connectivity index (χ4v) is 2.98. The van der Waals surface area contributed by atoms with Crippen LogP contribution in [0.5, 0.6) is 5.88 Å². The Labute approximate surface area is 175 Å². The van der Waals surface area contributed by atoms with E-state index in [2.05, 4.69) is 20.0 Å². The van der Waals surface area contributed by atoms with E-state index in [0.29, 0.717) is 5.69 Å². The molecule has 1 aliphatic rings. The molecule has 2 aromatic heterocycles. The smallest absolute Gasteiger partial charge is 0.422 e. The third-order valence-corrected chi connectivity index (χ3v) is 4.79. The van der Waals surface area contributed by atoms with Crippen molar-refractivity contribution in [2.75, 3.05) is 6.61 Å². The van der Waals surface area contributed by atoms with Crippen LogP contribution in [-0.4, -0.2) is 34.4 Å². The van der Waals surface area contributed by atoms with E-state index in [1.807, 2.05) is 0 Å². The topological polar surface area (TPSA) is 81.2 Å². The second kappa shape index (κ2) is 8.99. The van der Waals surface area contributed by atoms with Crippen LogP contribution < -0.4 is 10.1 Å². The minimum absolute atomic E-state index is 0.0735. The summed E-state index contributed by atoms with van der Waals surface area (Å²) < 4.78 is 41.2. The number of amides is 1. The van der Waals surface area contributed by atoms with Crippen molar-refractivity contribution in [3.8, 4) is 5.88 Å². The lowest BCUT2D eigenvalue weighted by Crippen LogP contribution is -2.27. The monoisotopic (exact) mass is 441 g/mol. The molecule has 1 atom stereocenters. The second-order valence-electron chi connectivity index (χ2n) is 7.11. The Kier molecular flexibility index (Phi) is 6.60. The molecule has 1 N–H and O–H groups in total. The van der Waals surface area contributed by atoms with E-state index in [1.165, 1.54) is 6.07 Å². The molecule has 2 heterocycles. The second-order valence-corrected chi connectivity index (χ2v) is 7.52. The Hall–Kier alpha value is -2.68. The summed E-state index contributed by atoms with van der Waals surface area (Å²) in [6.45, 7) is 0.228. The van der Waals surface area contributed by atoms with Crippen LogP contribution in [0.2, 0.25) is 5.02 Å². The maximum Gasteiger partial charge on any atom is 0.422 e. The molecule has 6 nitrogen and oxygen atoms in total. The molecule has 0 aromatic carbocycles. The number of alkyl halides is 3. The van der Waals surface area contributed by atoms with E-state index in [9.17, 15) is 22.8 Å². The van der Waals surface area contributed by atoms with Gasteiger partial charge in [0, 0.05) is 30.4 Å². The van der Waals surface area contributed by atoms with Crippen LogP contribution in [0.1, 0.15) is 47.4 Å². The Morgan fingerprint density at radius 2 is 2.03 bits per heavy atom. The molecule has 10 heteroatoms. The molecule has 3 rings (SSSR count). The van der Waals surface area contributed by atoms with Crippen LogP contribution in [-0.2, 0) is 11.2 Å². The van der Waals surface area contributed by atoms with Crippen LogP contribution in [0, 0.1) is 5.92 Å². The molecule has 1 saturated carbocycles. The summed E-state index contributed by atoms with van der Waals surface area (Å²) in [4.78, 5) is 32.3. The summed E-state index contributed by atoms with van der Waals surface area (Å²) in [5.41, 5.74) is 1.48. The highest BCUT2D eigenvalue weighted by Crippen LogP contribution is 2.31. The number of Topliss-reactive ketones (excluding diaryl/α,β-unsaturated/α-hetero) is 1. The summed E-state index contributed by atoms with van der Waals surface area (Å²) in [6.07, 6.45) is 0.273. The first-order valence-electron chi connectivity index (χ1n) is 9.26. The largest absolute Gasteiger partial charge is 0.467 e. The molecule has 1 fully saturated rings. The molecule has 1 amide bonds. The number of carbonyl (C=O) groups is 2. The van der Waals surface area contributed by atoms with E-state index in [0.717, 1.165) is 24.6 Å². The molecular formula is C20H19ClF3N3O3. The fourth-order valence-electron chi connectivity index (χ4n) is 2.76. The number of nitrogens with one attached hydrogen (secondary N) is 1. The highest BCUT2D eigenvalue weighted by atomic mass is 35.5. The number of halogens is 4. The number of rotatable bonds is 8. The third kappa shape index (κ3) is 6.16. The summed E-state index contributed by atoms with van der Waals surface area (Å²) in [6, 6.07) is 4.28. The quantitative estimate of drug-likeness (QED) is 0.667. The lowest BCUT2D eigenvalue weighted by atomic mass is 10.1. The number of nitrogens with zero attached hydrogens (tertiary/aromatic N) is 2. The summed E-state index contributed by atoms with van der Waals surface area (Å²) >= 11 is 5.88. The van der Waals surface area contributed by atoms with Crippen molar-refractivity contribution in [1.82, 2.24) is 15.3 Å². The van der Waals surface area contributed by atoms with Crippen molar-refractivity contribution in [3.63, 3.8) is 0 Å². The highest BCUT2D eigenvalue weighted by molar-refractivity contribution is 6.32. The van der Waals surface area contributed by atoms with Crippen molar-refractivity contribution < 1.29 is 27.5 Å². The van der Waals surface area contributed by atoms with Crippen molar-refractivity contribution >= 4 is 23.3 Å². The van der Waals surface area contributed by atoms with E-state index >= 15 is 0 Å². The van der Waals surface area contributed by atoms with Gasteiger partial charge in [-0.2, -0.15) is 13.2 Å². The van der Waals surface area contributed by atoms with Crippen LogP contribution in [0.25, 0.3) is 0 Å². The number of ether oxygens (including phenoxy) is 1. The average Bonchev–Trinajstić information content (AvgIpc) is 3.51. The Morgan fingerprint density at radius 1 is 1.30 bits per heavy atom. The zero-order chi connectivity index (χ0) is 21.9. The van der Waals surface area contributed by atoms with Gasteiger partial charge in [0.1, 0.15) is 10.8 Å². The first kappa shape index (κ1) is 22.0. The normalized spacial score (nSPS) is 14.8. The van der Waals surface area contributed by atoms with Gasteiger partial charge in [-0.15, -0.1) is 0 Å². The third-order valence-electron chi connectivity index (χ3n) is 4.52. The molecule has 2 aromatic rings. The van der Waals surface area contributed by atoms with Crippen LogP contribution in [0.4, 0.5) is 13.2 Å². The van der Waals surface area contributed by atoms with Crippen LogP contribution >= 0.6 is 11.6 Å². The summed E-state index contributed by atoms with van der Waals surface area (Å²) in [5, 5.41) is 2.56. The summed E-state index contributed by atoms with van der Waals surface area (Å²) in [5.74, 6) is -0.595. The predicted octanol–water partition coefficient (Wildman–Crippen LogP) is 4.08. The van der Waals surface area contributed by atoms with E-state index in [1.54, 1.807) is 25.3 Å². The molecular weight excluding hydrogens is 423 g/mol. The van der Waals surface area contributed by atoms with Gasteiger partial charge in [0.25, 0.3) is 5.91 Å². The molecule has 30 heavy (non-hydrogen) atoms. The SMILES string of the molecule is CC(NC(=O)c1cnc(OCC(F)(F)F)c(Cl)c1)c1ccnc(CC(=O)C2CC2)c1. The van der Waals surface area contributed by atoms with Gasteiger partial charge in [0.05, 0.1) is 11.6 Å². The molecule has 1 aliphatic carbocycles. The van der Waals surface area contributed by atoms with Gasteiger partial charge in [-0.05, 0) is 43.5 Å². The predicted molar refractivity (Wildman–Crippen MR) is 102 cm³/mol. The van der Waals surface area contributed by atoms with E-state index in [-0.39, 0.29) is 28.7 Å². The van der Waals surface area contributed by atoms with Gasteiger partial charge in [-0.1, -0.05) is 11.6 Å². The van der Waals surface area contributed by atoms with Gasteiger partial charge < -0.3 is 10.1 Å². The average molecular weight is 442 g/mol. The fraction of sp³-hybridized carbons (Fsp3) is 0.400. The van der Waals surface area contributed by atoms with Gasteiger partial charge >= 0.3 is 6.18 Å². The molecule has 0 bridgehead atoms. The number of ketones is 1. The minimum atomic E-state index is -4.52. The van der Waals surface area contributed by atoms with Crippen LogP contribution in [0.15, 0.2) is 30.6 Å². The standard InChI is InChI=1S/C20H19ClF3N3O3/c1-11(13-4-5-25-15(6-13)8-17(28)12-2-3-12)27-18(29)14-7-16(21)19(26-9-14)30-10-20(22,23)24/h4-7,9,11-12H,2-3,8,10H2,1H3,(H,27,29). The van der Waals surface area contributed by atoms with Gasteiger partial charge in [-0.3, -0.25) is 14.6 Å². The maximum atomic E-state index is 12.5. The maximum absolute atomic E-state index is 12.5. The van der Waals surface area contributed by atoms with Crippen molar-refractivity contribution in [2.45, 2.75) is 38.4 Å². The lowest BCUT2D eigenvalue weighted by molar-refractivity contribution is -0.154. The summed E-state index contributed by atoms with van der Waals surface area (Å²) in [7, 11) is 0. The van der Waals surface area contributed by atoms with Crippen molar-refractivity contribution in [2.24, 2.45) is 5.92 Å². The van der Waals surface area contributed by atoms with E-state index < -0.39 is 30.6 Å². The number of aromatic nitrogens is 2. The zero-order valence-electron chi connectivity index (χ0n) is 16.0. The number of hydrogen-bond donors (Lipinski definition) is 1. The molecule has 0 aliphatic heterocycles.